The second kappa shape index (κ2) is 10.1. The first kappa shape index (κ1) is 23.9. The number of hydrogen-bond acceptors (Lipinski definition) is 5. The SMILES string of the molecule is Cc1c(-c2ccccc2)cccc1-c1nc2cc(CN3CCCCC3C(=O)O)c(OC(F)F)cc2o1. The molecule has 1 fully saturated rings. The summed E-state index contributed by atoms with van der Waals surface area (Å²) in [7, 11) is 0. The van der Waals surface area contributed by atoms with Gasteiger partial charge in [0, 0.05) is 23.7 Å². The molecule has 0 radical (unpaired) electrons. The first-order chi connectivity index (χ1) is 17.4. The Morgan fingerprint density at radius 3 is 2.67 bits per heavy atom. The van der Waals surface area contributed by atoms with Crippen LogP contribution < -0.4 is 4.74 Å². The summed E-state index contributed by atoms with van der Waals surface area (Å²) in [6, 6.07) is 18.3. The Balaban J connectivity index is 1.54. The third-order valence-corrected chi connectivity index (χ3v) is 6.71. The molecular formula is C28H26F2N2O4. The lowest BCUT2D eigenvalue weighted by Crippen LogP contribution is -2.44. The maximum absolute atomic E-state index is 13.2. The summed E-state index contributed by atoms with van der Waals surface area (Å²) in [4.78, 5) is 18.2. The van der Waals surface area contributed by atoms with Gasteiger partial charge in [0.1, 0.15) is 17.3 Å². The highest BCUT2D eigenvalue weighted by molar-refractivity contribution is 5.82. The molecule has 1 unspecified atom stereocenters. The van der Waals surface area contributed by atoms with Gasteiger partial charge in [0.15, 0.2) is 5.58 Å². The van der Waals surface area contributed by atoms with Gasteiger partial charge in [-0.2, -0.15) is 8.78 Å². The van der Waals surface area contributed by atoms with Crippen molar-refractivity contribution in [3.05, 3.63) is 71.8 Å². The lowest BCUT2D eigenvalue weighted by Gasteiger charge is -2.33. The van der Waals surface area contributed by atoms with Crippen LogP contribution in [0.3, 0.4) is 0 Å². The van der Waals surface area contributed by atoms with Crippen molar-refractivity contribution >= 4 is 17.1 Å². The van der Waals surface area contributed by atoms with E-state index in [1.165, 1.54) is 6.07 Å². The maximum atomic E-state index is 13.2. The van der Waals surface area contributed by atoms with Gasteiger partial charge in [0.25, 0.3) is 0 Å². The summed E-state index contributed by atoms with van der Waals surface area (Å²) in [5.74, 6) is -0.573. The van der Waals surface area contributed by atoms with Crippen LogP contribution in [0.1, 0.15) is 30.4 Å². The average Bonchev–Trinajstić information content (AvgIpc) is 3.27. The lowest BCUT2D eigenvalue weighted by molar-refractivity contribution is -0.144. The van der Waals surface area contributed by atoms with Crippen molar-refractivity contribution in [1.82, 2.24) is 9.88 Å². The number of hydrogen-bond donors (Lipinski definition) is 1. The number of nitrogens with zero attached hydrogens (tertiary/aromatic N) is 2. The molecule has 0 aliphatic carbocycles. The van der Waals surface area contributed by atoms with Gasteiger partial charge in [-0.1, -0.05) is 48.9 Å². The molecule has 8 heteroatoms. The first-order valence-corrected chi connectivity index (χ1v) is 11.9. The molecule has 6 nitrogen and oxygen atoms in total. The zero-order chi connectivity index (χ0) is 25.2. The van der Waals surface area contributed by atoms with Crippen molar-refractivity contribution in [2.45, 2.75) is 45.4 Å². The zero-order valence-electron chi connectivity index (χ0n) is 19.8. The minimum absolute atomic E-state index is 0.0373. The number of alkyl halides is 2. The standard InChI is InChI=1S/C28H26F2N2O4/c1-17-20(18-8-3-2-4-9-18)10-7-11-21(17)26-31-22-14-19(24(36-28(29)30)15-25(22)35-26)16-32-13-6-5-12-23(32)27(33)34/h2-4,7-11,14-15,23,28H,5-6,12-13,16H2,1H3,(H,33,34). The number of piperidine rings is 1. The fourth-order valence-corrected chi connectivity index (χ4v) is 4.92. The van der Waals surface area contributed by atoms with Crippen molar-refractivity contribution in [2.24, 2.45) is 0 Å². The fraction of sp³-hybridized carbons (Fsp3) is 0.286. The highest BCUT2D eigenvalue weighted by atomic mass is 19.3. The van der Waals surface area contributed by atoms with E-state index in [0.717, 1.165) is 35.1 Å². The highest BCUT2D eigenvalue weighted by Crippen LogP contribution is 2.36. The second-order valence-electron chi connectivity index (χ2n) is 8.99. The van der Waals surface area contributed by atoms with E-state index in [2.05, 4.69) is 4.98 Å². The van der Waals surface area contributed by atoms with Crippen LogP contribution in [0.25, 0.3) is 33.7 Å². The van der Waals surface area contributed by atoms with Gasteiger partial charge in [-0.15, -0.1) is 0 Å². The molecule has 186 valence electrons. The first-order valence-electron chi connectivity index (χ1n) is 11.9. The number of carboxylic acid groups (broad SMARTS) is 1. The van der Waals surface area contributed by atoms with Gasteiger partial charge in [0.2, 0.25) is 5.89 Å². The van der Waals surface area contributed by atoms with E-state index in [1.54, 1.807) is 11.0 Å². The monoisotopic (exact) mass is 492 g/mol. The Labute approximate surface area is 207 Å². The van der Waals surface area contributed by atoms with E-state index >= 15 is 0 Å². The van der Waals surface area contributed by atoms with E-state index in [4.69, 9.17) is 9.15 Å². The number of likely N-dealkylation sites (tertiary alicyclic amines) is 1. The number of carboxylic acids is 1. The summed E-state index contributed by atoms with van der Waals surface area (Å²) in [6.45, 7) is -0.297. The number of oxazole rings is 1. The molecule has 1 aliphatic heterocycles. The molecule has 1 atom stereocenters. The molecular weight excluding hydrogens is 466 g/mol. The van der Waals surface area contributed by atoms with E-state index < -0.39 is 18.6 Å². The van der Waals surface area contributed by atoms with Gasteiger partial charge >= 0.3 is 12.6 Å². The van der Waals surface area contributed by atoms with Crippen LogP contribution in [-0.2, 0) is 11.3 Å². The summed E-state index contributed by atoms with van der Waals surface area (Å²) < 4.78 is 37.3. The predicted molar refractivity (Wildman–Crippen MR) is 132 cm³/mol. The van der Waals surface area contributed by atoms with Crippen molar-refractivity contribution in [2.75, 3.05) is 6.54 Å². The van der Waals surface area contributed by atoms with Crippen LogP contribution in [0, 0.1) is 6.92 Å². The van der Waals surface area contributed by atoms with Crippen molar-refractivity contribution < 1.29 is 27.8 Å². The summed E-state index contributed by atoms with van der Waals surface area (Å²) in [5.41, 5.74) is 5.16. The van der Waals surface area contributed by atoms with E-state index in [9.17, 15) is 18.7 Å². The topological polar surface area (TPSA) is 75.8 Å². The summed E-state index contributed by atoms with van der Waals surface area (Å²) in [6.07, 6.45) is 2.19. The van der Waals surface area contributed by atoms with E-state index in [1.807, 2.05) is 55.5 Å². The van der Waals surface area contributed by atoms with Crippen LogP contribution in [0.4, 0.5) is 8.78 Å². The average molecular weight is 493 g/mol. The van der Waals surface area contributed by atoms with Crippen LogP contribution in [0.15, 0.2) is 65.1 Å². The third kappa shape index (κ3) is 4.81. The minimum Gasteiger partial charge on any atom is -0.480 e. The second-order valence-corrected chi connectivity index (χ2v) is 8.99. The van der Waals surface area contributed by atoms with Gasteiger partial charge in [-0.3, -0.25) is 9.69 Å². The predicted octanol–water partition coefficient (Wildman–Crippen LogP) is 6.51. The zero-order valence-corrected chi connectivity index (χ0v) is 19.8. The Kier molecular flexibility index (Phi) is 6.69. The highest BCUT2D eigenvalue weighted by Gasteiger charge is 2.29. The Hall–Kier alpha value is -3.78. The van der Waals surface area contributed by atoms with Crippen LogP contribution >= 0.6 is 0 Å². The van der Waals surface area contributed by atoms with E-state index in [0.29, 0.717) is 35.5 Å². The molecule has 36 heavy (non-hydrogen) atoms. The fourth-order valence-electron chi connectivity index (χ4n) is 4.92. The Morgan fingerprint density at radius 1 is 1.14 bits per heavy atom. The number of halogens is 2. The van der Waals surface area contributed by atoms with Crippen LogP contribution in [0.2, 0.25) is 0 Å². The van der Waals surface area contributed by atoms with Crippen molar-refractivity contribution in [1.29, 1.82) is 0 Å². The van der Waals surface area contributed by atoms with E-state index in [-0.39, 0.29) is 12.3 Å². The van der Waals surface area contributed by atoms with Gasteiger partial charge < -0.3 is 14.3 Å². The molecule has 1 aromatic heterocycles. The third-order valence-electron chi connectivity index (χ3n) is 6.71. The summed E-state index contributed by atoms with van der Waals surface area (Å²) in [5, 5.41) is 9.61. The molecule has 0 amide bonds. The quantitative estimate of drug-likeness (QED) is 0.317. The van der Waals surface area contributed by atoms with Crippen molar-refractivity contribution in [3.8, 4) is 28.3 Å². The molecule has 3 aromatic carbocycles. The molecule has 1 saturated heterocycles. The smallest absolute Gasteiger partial charge is 0.387 e. The number of fused-ring (bicyclic) bond motifs is 1. The molecule has 0 bridgehead atoms. The molecule has 5 rings (SSSR count). The molecule has 4 aromatic rings. The molecule has 0 saturated carbocycles. The largest absolute Gasteiger partial charge is 0.480 e. The normalized spacial score (nSPS) is 16.5. The van der Waals surface area contributed by atoms with Gasteiger partial charge in [0.05, 0.1) is 0 Å². The lowest BCUT2D eigenvalue weighted by atomic mass is 9.96. The van der Waals surface area contributed by atoms with Gasteiger partial charge in [-0.05, 0) is 55.1 Å². The Bertz CT molecular complexity index is 1390. The van der Waals surface area contributed by atoms with Crippen LogP contribution in [-0.4, -0.2) is 40.2 Å². The number of rotatable bonds is 7. The molecule has 1 aliphatic rings. The van der Waals surface area contributed by atoms with Crippen LogP contribution in [0.5, 0.6) is 5.75 Å². The number of benzene rings is 3. The number of ether oxygens (including phenoxy) is 1. The number of aromatic nitrogens is 1. The minimum atomic E-state index is -3.02. The molecule has 2 heterocycles. The number of carbonyl (C=O) groups is 1. The maximum Gasteiger partial charge on any atom is 0.387 e. The summed E-state index contributed by atoms with van der Waals surface area (Å²) >= 11 is 0. The Morgan fingerprint density at radius 2 is 1.92 bits per heavy atom. The van der Waals surface area contributed by atoms with Gasteiger partial charge in [-0.25, -0.2) is 4.98 Å². The molecule has 0 spiro atoms. The number of aliphatic carboxylic acids is 1. The van der Waals surface area contributed by atoms with Crippen molar-refractivity contribution in [3.63, 3.8) is 0 Å². The molecule has 1 N–H and O–H groups in total.